The Hall–Kier alpha value is -0.670. The molecule has 0 fully saturated rings. The third kappa shape index (κ3) is 4.15. The molecule has 1 unspecified atom stereocenters. The zero-order chi connectivity index (χ0) is 13.7. The van der Waals surface area contributed by atoms with Crippen molar-refractivity contribution < 1.29 is 4.74 Å². The molecule has 2 rings (SSSR count). The van der Waals surface area contributed by atoms with Crippen molar-refractivity contribution in [2.24, 2.45) is 0 Å². The second-order valence-corrected chi connectivity index (χ2v) is 6.80. The van der Waals surface area contributed by atoms with E-state index in [1.807, 2.05) is 11.8 Å². The van der Waals surface area contributed by atoms with Crippen molar-refractivity contribution in [3.8, 4) is 5.75 Å². The van der Waals surface area contributed by atoms with E-state index < -0.39 is 0 Å². The Morgan fingerprint density at radius 3 is 2.89 bits per heavy atom. The monoisotopic (exact) mass is 279 g/mol. The minimum atomic E-state index is -0.0781. The number of thioether (sulfide) groups is 1. The number of rotatable bonds is 6. The first-order valence-corrected chi connectivity index (χ1v) is 8.52. The average Bonchev–Trinajstić information content (AvgIpc) is 2.37. The molecule has 1 aromatic carbocycles. The van der Waals surface area contributed by atoms with Crippen molar-refractivity contribution in [2.75, 3.05) is 18.6 Å². The summed E-state index contributed by atoms with van der Waals surface area (Å²) < 4.78 is 6.05. The SMILES string of the molecule is CSCCCCNC1CC(C)(C)Oc2ccccc21. The molecule has 1 aromatic rings. The number of benzene rings is 1. The van der Waals surface area contributed by atoms with Gasteiger partial charge in [-0.3, -0.25) is 0 Å². The topological polar surface area (TPSA) is 21.3 Å². The molecule has 19 heavy (non-hydrogen) atoms. The molecule has 1 aliphatic rings. The Balaban J connectivity index is 1.96. The summed E-state index contributed by atoms with van der Waals surface area (Å²) in [5.74, 6) is 2.30. The molecule has 1 atom stereocenters. The molecule has 0 aliphatic carbocycles. The number of fused-ring (bicyclic) bond motifs is 1. The zero-order valence-corrected chi connectivity index (χ0v) is 13.1. The van der Waals surface area contributed by atoms with E-state index in [4.69, 9.17) is 4.74 Å². The molecule has 0 spiro atoms. The van der Waals surface area contributed by atoms with Crippen molar-refractivity contribution >= 4 is 11.8 Å². The summed E-state index contributed by atoms with van der Waals surface area (Å²) in [5.41, 5.74) is 1.23. The summed E-state index contributed by atoms with van der Waals surface area (Å²) in [5, 5.41) is 3.70. The number of para-hydroxylation sites is 1. The molecule has 1 heterocycles. The van der Waals surface area contributed by atoms with Crippen LogP contribution in [0.3, 0.4) is 0 Å². The highest BCUT2D eigenvalue weighted by atomic mass is 32.2. The highest BCUT2D eigenvalue weighted by molar-refractivity contribution is 7.98. The second-order valence-electron chi connectivity index (χ2n) is 5.81. The summed E-state index contributed by atoms with van der Waals surface area (Å²) in [6.45, 7) is 5.44. The summed E-state index contributed by atoms with van der Waals surface area (Å²) in [7, 11) is 0. The summed E-state index contributed by atoms with van der Waals surface area (Å²) in [4.78, 5) is 0. The summed E-state index contributed by atoms with van der Waals surface area (Å²) in [6, 6.07) is 8.84. The third-order valence-corrected chi connectivity index (χ3v) is 4.24. The highest BCUT2D eigenvalue weighted by Crippen LogP contribution is 2.39. The van der Waals surface area contributed by atoms with Crippen LogP contribution in [-0.4, -0.2) is 24.2 Å². The van der Waals surface area contributed by atoms with Gasteiger partial charge in [0.25, 0.3) is 0 Å². The average molecular weight is 279 g/mol. The van der Waals surface area contributed by atoms with E-state index >= 15 is 0 Å². The van der Waals surface area contributed by atoms with Crippen molar-refractivity contribution in [2.45, 2.75) is 44.8 Å². The fraction of sp³-hybridized carbons (Fsp3) is 0.625. The van der Waals surface area contributed by atoms with Crippen LogP contribution in [0.25, 0.3) is 0 Å². The van der Waals surface area contributed by atoms with Crippen LogP contribution in [0, 0.1) is 0 Å². The van der Waals surface area contributed by atoms with E-state index in [9.17, 15) is 0 Å². The first-order valence-electron chi connectivity index (χ1n) is 7.13. The predicted octanol–water partition coefficient (Wildman–Crippen LogP) is 4.02. The number of ether oxygens (including phenoxy) is 1. The molecule has 0 saturated heterocycles. The minimum absolute atomic E-state index is 0.0781. The molecule has 1 N–H and O–H groups in total. The maximum absolute atomic E-state index is 6.05. The largest absolute Gasteiger partial charge is 0.487 e. The number of unbranched alkanes of at least 4 members (excludes halogenated alkanes) is 1. The Morgan fingerprint density at radius 2 is 2.11 bits per heavy atom. The van der Waals surface area contributed by atoms with Gasteiger partial charge in [-0.15, -0.1) is 0 Å². The van der Waals surface area contributed by atoms with Crippen LogP contribution >= 0.6 is 11.8 Å². The molecule has 0 aromatic heterocycles. The van der Waals surface area contributed by atoms with Gasteiger partial charge < -0.3 is 10.1 Å². The normalized spacial score (nSPS) is 20.7. The molecule has 2 nitrogen and oxygen atoms in total. The van der Waals surface area contributed by atoms with Gasteiger partial charge in [0.2, 0.25) is 0 Å². The van der Waals surface area contributed by atoms with Crippen molar-refractivity contribution in [1.82, 2.24) is 5.32 Å². The lowest BCUT2D eigenvalue weighted by molar-refractivity contribution is 0.0661. The minimum Gasteiger partial charge on any atom is -0.487 e. The molecule has 0 amide bonds. The van der Waals surface area contributed by atoms with Gasteiger partial charge in [-0.05, 0) is 51.3 Å². The lowest BCUT2D eigenvalue weighted by Gasteiger charge is -2.38. The summed E-state index contributed by atoms with van der Waals surface area (Å²) in [6.07, 6.45) is 5.75. The van der Waals surface area contributed by atoms with Gasteiger partial charge in [0.15, 0.2) is 0 Å². The highest BCUT2D eigenvalue weighted by Gasteiger charge is 2.32. The first-order chi connectivity index (χ1) is 9.12. The fourth-order valence-electron chi connectivity index (χ4n) is 2.63. The van der Waals surface area contributed by atoms with Crippen molar-refractivity contribution in [1.29, 1.82) is 0 Å². The van der Waals surface area contributed by atoms with Crippen LogP contribution in [0.15, 0.2) is 24.3 Å². The van der Waals surface area contributed by atoms with Gasteiger partial charge in [-0.25, -0.2) is 0 Å². The Bertz CT molecular complexity index is 405. The van der Waals surface area contributed by atoms with E-state index in [2.05, 4.69) is 49.7 Å². The van der Waals surface area contributed by atoms with Crippen LogP contribution in [0.4, 0.5) is 0 Å². The van der Waals surface area contributed by atoms with E-state index in [-0.39, 0.29) is 5.60 Å². The van der Waals surface area contributed by atoms with E-state index in [1.54, 1.807) is 0 Å². The van der Waals surface area contributed by atoms with Gasteiger partial charge in [-0.1, -0.05) is 18.2 Å². The molecule has 3 heteroatoms. The van der Waals surface area contributed by atoms with Gasteiger partial charge in [0.05, 0.1) is 0 Å². The molecule has 0 saturated carbocycles. The lowest BCUT2D eigenvalue weighted by atomic mass is 9.89. The van der Waals surface area contributed by atoms with Crippen LogP contribution in [0.2, 0.25) is 0 Å². The standard InChI is InChI=1S/C16H25NOS/c1-16(2)12-14(17-10-6-7-11-19-3)13-8-4-5-9-15(13)18-16/h4-5,8-9,14,17H,6-7,10-12H2,1-3H3. The Labute approximate surface area is 121 Å². The van der Waals surface area contributed by atoms with Crippen LogP contribution in [-0.2, 0) is 0 Å². The molecular weight excluding hydrogens is 254 g/mol. The number of hydrogen-bond acceptors (Lipinski definition) is 3. The quantitative estimate of drug-likeness (QED) is 0.795. The second kappa shape index (κ2) is 6.67. The molecule has 1 aliphatic heterocycles. The predicted molar refractivity (Wildman–Crippen MR) is 84.1 cm³/mol. The van der Waals surface area contributed by atoms with E-state index in [1.165, 1.54) is 24.2 Å². The Kier molecular flexibility index (Phi) is 5.17. The number of hydrogen-bond donors (Lipinski definition) is 1. The van der Waals surface area contributed by atoms with E-state index in [0.29, 0.717) is 6.04 Å². The van der Waals surface area contributed by atoms with E-state index in [0.717, 1.165) is 18.7 Å². The number of nitrogens with one attached hydrogen (secondary N) is 1. The lowest BCUT2D eigenvalue weighted by Crippen LogP contribution is -2.39. The third-order valence-electron chi connectivity index (χ3n) is 3.54. The van der Waals surface area contributed by atoms with Crippen LogP contribution < -0.4 is 10.1 Å². The first kappa shape index (κ1) is 14.7. The smallest absolute Gasteiger partial charge is 0.124 e. The Morgan fingerprint density at radius 1 is 1.32 bits per heavy atom. The van der Waals surface area contributed by atoms with Crippen molar-refractivity contribution in [3.63, 3.8) is 0 Å². The van der Waals surface area contributed by atoms with Crippen molar-refractivity contribution in [3.05, 3.63) is 29.8 Å². The molecule has 0 bridgehead atoms. The maximum Gasteiger partial charge on any atom is 0.124 e. The van der Waals surface area contributed by atoms with Crippen LogP contribution in [0.5, 0.6) is 5.75 Å². The summed E-state index contributed by atoms with van der Waals surface area (Å²) >= 11 is 1.93. The fourth-order valence-corrected chi connectivity index (χ4v) is 3.12. The van der Waals surface area contributed by atoms with Gasteiger partial charge >= 0.3 is 0 Å². The van der Waals surface area contributed by atoms with Crippen LogP contribution in [0.1, 0.15) is 44.7 Å². The maximum atomic E-state index is 6.05. The molecular formula is C16H25NOS. The van der Waals surface area contributed by atoms with Gasteiger partial charge in [-0.2, -0.15) is 11.8 Å². The van der Waals surface area contributed by atoms with Gasteiger partial charge in [0.1, 0.15) is 11.4 Å². The van der Waals surface area contributed by atoms with Gasteiger partial charge in [0, 0.05) is 18.0 Å². The zero-order valence-electron chi connectivity index (χ0n) is 12.2. The molecule has 106 valence electrons. The molecule has 0 radical (unpaired) electrons.